The van der Waals surface area contributed by atoms with Crippen molar-refractivity contribution in [2.75, 3.05) is 36.8 Å². The van der Waals surface area contributed by atoms with Crippen LogP contribution in [-0.2, 0) is 11.0 Å². The molecule has 2 heterocycles. The lowest BCUT2D eigenvalue weighted by Gasteiger charge is -2.23. The van der Waals surface area contributed by atoms with Crippen LogP contribution < -0.4 is 10.6 Å². The van der Waals surface area contributed by atoms with Crippen molar-refractivity contribution in [1.29, 1.82) is 0 Å². The van der Waals surface area contributed by atoms with E-state index in [2.05, 4.69) is 4.98 Å². The van der Waals surface area contributed by atoms with E-state index in [-0.39, 0.29) is 17.5 Å². The maximum atomic E-state index is 12.8. The summed E-state index contributed by atoms with van der Waals surface area (Å²) < 4.78 is 38.4. The largest absolute Gasteiger partial charge is 0.416 e. The Morgan fingerprint density at radius 3 is 2.57 bits per heavy atom. The molecule has 0 bridgehead atoms. The van der Waals surface area contributed by atoms with Gasteiger partial charge in [-0.25, -0.2) is 4.98 Å². The number of rotatable bonds is 1. The molecule has 0 saturated carbocycles. The molecule has 1 aliphatic heterocycles. The van der Waals surface area contributed by atoms with E-state index in [9.17, 15) is 18.0 Å². The van der Waals surface area contributed by atoms with E-state index in [1.807, 2.05) is 0 Å². The average molecular weight is 302 g/mol. The highest BCUT2D eigenvalue weighted by Gasteiger charge is 2.32. The molecule has 1 saturated heterocycles. The molecule has 0 aliphatic carbocycles. The van der Waals surface area contributed by atoms with Crippen LogP contribution in [0, 0.1) is 0 Å². The summed E-state index contributed by atoms with van der Waals surface area (Å²) in [6.07, 6.45) is -3.78. The minimum atomic E-state index is -4.46. The van der Waals surface area contributed by atoms with Crippen LogP contribution in [0.5, 0.6) is 0 Å². The molecule has 1 aromatic heterocycles. The summed E-state index contributed by atoms with van der Waals surface area (Å²) in [5.74, 6) is 0.00795. The molecule has 2 N–H and O–H groups in total. The monoisotopic (exact) mass is 302 g/mol. The van der Waals surface area contributed by atoms with Crippen LogP contribution in [0.15, 0.2) is 12.1 Å². The first-order valence-corrected chi connectivity index (χ1v) is 6.62. The third-order valence-electron chi connectivity index (χ3n) is 3.42. The second kappa shape index (κ2) is 5.79. The molecule has 1 amide bonds. The van der Waals surface area contributed by atoms with Crippen LogP contribution in [0.2, 0.25) is 0 Å². The number of hydrogen-bond acceptors (Lipinski definition) is 4. The van der Waals surface area contributed by atoms with Crippen LogP contribution in [0.4, 0.5) is 24.8 Å². The predicted molar refractivity (Wildman–Crippen MR) is 72.7 cm³/mol. The molecule has 1 aromatic rings. The first kappa shape index (κ1) is 15.4. The molecule has 8 heteroatoms. The van der Waals surface area contributed by atoms with Crippen molar-refractivity contribution in [2.24, 2.45) is 0 Å². The summed E-state index contributed by atoms with van der Waals surface area (Å²) in [5.41, 5.74) is 4.67. The molecular formula is C13H17F3N4O. The quantitative estimate of drug-likeness (QED) is 0.858. The van der Waals surface area contributed by atoms with Gasteiger partial charge in [0.1, 0.15) is 11.6 Å². The Labute approximate surface area is 120 Å². The zero-order chi connectivity index (χ0) is 15.6. The topological polar surface area (TPSA) is 62.5 Å². The van der Waals surface area contributed by atoms with Gasteiger partial charge in [-0.3, -0.25) is 4.79 Å². The molecule has 1 fully saturated rings. The van der Waals surface area contributed by atoms with Gasteiger partial charge in [0.2, 0.25) is 5.91 Å². The van der Waals surface area contributed by atoms with Crippen molar-refractivity contribution in [1.82, 2.24) is 9.88 Å². The molecule has 0 aromatic carbocycles. The molecule has 0 spiro atoms. The number of nitrogen functional groups attached to an aromatic ring is 1. The maximum Gasteiger partial charge on any atom is 0.416 e. The minimum Gasteiger partial charge on any atom is -0.384 e. The maximum absolute atomic E-state index is 12.8. The number of hydrogen-bond donors (Lipinski definition) is 1. The van der Waals surface area contributed by atoms with Crippen LogP contribution in [0.3, 0.4) is 0 Å². The van der Waals surface area contributed by atoms with Crippen molar-refractivity contribution >= 4 is 17.5 Å². The SMILES string of the molecule is CC(=O)N1CCCN(c2cc(C(F)(F)F)cc(N)n2)CC1. The third-order valence-corrected chi connectivity index (χ3v) is 3.42. The summed E-state index contributed by atoms with van der Waals surface area (Å²) in [4.78, 5) is 18.7. The molecule has 0 radical (unpaired) electrons. The average Bonchev–Trinajstić information content (AvgIpc) is 2.62. The Balaban J connectivity index is 2.22. The highest BCUT2D eigenvalue weighted by Crippen LogP contribution is 2.32. The number of halogens is 3. The highest BCUT2D eigenvalue weighted by molar-refractivity contribution is 5.73. The fraction of sp³-hybridized carbons (Fsp3) is 0.538. The number of nitrogens with zero attached hydrogens (tertiary/aromatic N) is 3. The van der Waals surface area contributed by atoms with E-state index >= 15 is 0 Å². The van der Waals surface area contributed by atoms with Crippen LogP contribution in [0.1, 0.15) is 18.9 Å². The van der Waals surface area contributed by atoms with Gasteiger partial charge in [0.15, 0.2) is 0 Å². The summed E-state index contributed by atoms with van der Waals surface area (Å²) in [6.45, 7) is 3.52. The summed E-state index contributed by atoms with van der Waals surface area (Å²) in [7, 11) is 0. The van der Waals surface area contributed by atoms with Crippen molar-refractivity contribution in [3.05, 3.63) is 17.7 Å². The Hall–Kier alpha value is -1.99. The first-order chi connectivity index (χ1) is 9.77. The van der Waals surface area contributed by atoms with Crippen LogP contribution in [0.25, 0.3) is 0 Å². The lowest BCUT2D eigenvalue weighted by atomic mass is 10.2. The van der Waals surface area contributed by atoms with Gasteiger partial charge in [0.25, 0.3) is 0 Å². The number of nitrogens with two attached hydrogens (primary N) is 1. The van der Waals surface area contributed by atoms with E-state index in [0.717, 1.165) is 12.1 Å². The highest BCUT2D eigenvalue weighted by atomic mass is 19.4. The summed E-state index contributed by atoms with van der Waals surface area (Å²) >= 11 is 0. The Morgan fingerprint density at radius 1 is 1.24 bits per heavy atom. The number of anilines is 2. The van der Waals surface area contributed by atoms with Gasteiger partial charge in [-0.05, 0) is 18.6 Å². The summed E-state index contributed by atoms with van der Waals surface area (Å²) in [6, 6.07) is 1.82. The molecule has 5 nitrogen and oxygen atoms in total. The van der Waals surface area contributed by atoms with Crippen molar-refractivity contribution in [3.63, 3.8) is 0 Å². The van der Waals surface area contributed by atoms with E-state index in [1.165, 1.54) is 6.92 Å². The molecule has 0 unspecified atom stereocenters. The van der Waals surface area contributed by atoms with Gasteiger partial charge < -0.3 is 15.5 Å². The summed E-state index contributed by atoms with van der Waals surface area (Å²) in [5, 5.41) is 0. The Morgan fingerprint density at radius 2 is 1.95 bits per heavy atom. The zero-order valence-corrected chi connectivity index (χ0v) is 11.7. The number of alkyl halides is 3. The third kappa shape index (κ3) is 3.77. The Kier molecular flexibility index (Phi) is 4.24. The molecule has 0 atom stereocenters. The van der Waals surface area contributed by atoms with Crippen LogP contribution >= 0.6 is 0 Å². The van der Waals surface area contributed by atoms with E-state index in [0.29, 0.717) is 32.6 Å². The van der Waals surface area contributed by atoms with Gasteiger partial charge in [-0.15, -0.1) is 0 Å². The number of carbonyl (C=O) groups is 1. The first-order valence-electron chi connectivity index (χ1n) is 6.62. The number of amides is 1. The number of aromatic nitrogens is 1. The fourth-order valence-corrected chi connectivity index (χ4v) is 2.32. The lowest BCUT2D eigenvalue weighted by Crippen LogP contribution is -2.34. The van der Waals surface area contributed by atoms with Gasteiger partial charge >= 0.3 is 6.18 Å². The molecule has 2 rings (SSSR count). The van der Waals surface area contributed by atoms with Gasteiger partial charge in [0, 0.05) is 33.1 Å². The predicted octanol–water partition coefficient (Wildman–Crippen LogP) is 1.74. The number of carbonyl (C=O) groups excluding carboxylic acids is 1. The fourth-order valence-electron chi connectivity index (χ4n) is 2.32. The van der Waals surface area contributed by atoms with E-state index < -0.39 is 11.7 Å². The van der Waals surface area contributed by atoms with Crippen molar-refractivity contribution in [2.45, 2.75) is 19.5 Å². The van der Waals surface area contributed by atoms with Gasteiger partial charge in [-0.1, -0.05) is 0 Å². The van der Waals surface area contributed by atoms with Gasteiger partial charge in [0.05, 0.1) is 5.56 Å². The zero-order valence-electron chi connectivity index (χ0n) is 11.7. The van der Waals surface area contributed by atoms with Crippen molar-refractivity contribution < 1.29 is 18.0 Å². The molecule has 1 aliphatic rings. The molecule has 116 valence electrons. The lowest BCUT2D eigenvalue weighted by molar-refractivity contribution is -0.137. The van der Waals surface area contributed by atoms with Crippen LogP contribution in [-0.4, -0.2) is 42.0 Å². The normalized spacial score (nSPS) is 16.8. The smallest absolute Gasteiger partial charge is 0.384 e. The minimum absolute atomic E-state index is 0.0339. The second-order valence-electron chi connectivity index (χ2n) is 4.98. The van der Waals surface area contributed by atoms with E-state index in [4.69, 9.17) is 5.73 Å². The Bertz CT molecular complexity index is 533. The van der Waals surface area contributed by atoms with Crippen molar-refractivity contribution in [3.8, 4) is 0 Å². The second-order valence-corrected chi connectivity index (χ2v) is 4.98. The molecular weight excluding hydrogens is 285 g/mol. The van der Waals surface area contributed by atoms with Gasteiger partial charge in [-0.2, -0.15) is 13.2 Å². The van der Waals surface area contributed by atoms with E-state index in [1.54, 1.807) is 9.80 Å². The molecule has 21 heavy (non-hydrogen) atoms. The standard InChI is InChI=1S/C13H17F3N4O/c1-9(21)19-3-2-4-20(6-5-19)12-8-10(13(14,15)16)7-11(17)18-12/h7-8H,2-6H2,1H3,(H2,17,18). The number of pyridine rings is 1.